The van der Waals surface area contributed by atoms with Crippen molar-refractivity contribution in [2.24, 2.45) is 0 Å². The van der Waals surface area contributed by atoms with Crippen molar-refractivity contribution in [2.75, 3.05) is 20.8 Å². The summed E-state index contributed by atoms with van der Waals surface area (Å²) < 4.78 is 16.3. The van der Waals surface area contributed by atoms with Crippen molar-refractivity contribution in [3.8, 4) is 11.5 Å². The monoisotopic (exact) mass is 316 g/mol. The zero-order chi connectivity index (χ0) is 16.2. The first kappa shape index (κ1) is 15.3. The molecule has 122 valence electrons. The van der Waals surface area contributed by atoms with Gasteiger partial charge in [0.1, 0.15) is 12.4 Å². The van der Waals surface area contributed by atoms with Crippen LogP contribution in [0.5, 0.6) is 11.5 Å². The number of ether oxygens (including phenoxy) is 2. The Morgan fingerprint density at radius 1 is 1.39 bits per heavy atom. The van der Waals surface area contributed by atoms with E-state index in [1.165, 1.54) is 0 Å². The van der Waals surface area contributed by atoms with Crippen LogP contribution in [0.4, 0.5) is 4.79 Å². The minimum atomic E-state index is -0.152. The van der Waals surface area contributed by atoms with E-state index in [-0.39, 0.29) is 12.1 Å². The molecule has 0 saturated heterocycles. The first-order chi connectivity index (χ1) is 11.2. The average Bonchev–Trinajstić information content (AvgIpc) is 3.06. The molecule has 1 aromatic heterocycles. The van der Waals surface area contributed by atoms with E-state index in [1.54, 1.807) is 31.4 Å². The Morgan fingerprint density at radius 2 is 2.26 bits per heavy atom. The predicted octanol–water partition coefficient (Wildman–Crippen LogP) is 2.43. The van der Waals surface area contributed by atoms with E-state index in [0.717, 1.165) is 22.8 Å². The van der Waals surface area contributed by atoms with Gasteiger partial charge in [0.25, 0.3) is 0 Å². The SMILES string of the molecule is COc1cccc2c1OC[C@@H](NC(=O)N(C)Cc1ccco1)C2. The number of rotatable bonds is 4. The quantitative estimate of drug-likeness (QED) is 0.941. The number of carbonyl (C=O) groups excluding carboxylic acids is 1. The molecule has 1 aliphatic rings. The van der Waals surface area contributed by atoms with Crippen molar-refractivity contribution in [3.05, 3.63) is 47.9 Å². The number of methoxy groups -OCH3 is 1. The highest BCUT2D eigenvalue weighted by Crippen LogP contribution is 2.34. The molecule has 2 aromatic rings. The zero-order valence-corrected chi connectivity index (χ0v) is 13.2. The third-order valence-electron chi connectivity index (χ3n) is 3.82. The minimum Gasteiger partial charge on any atom is -0.493 e. The molecule has 2 heterocycles. The number of amides is 2. The standard InChI is InChI=1S/C17H20N2O4/c1-19(10-14-6-4-8-22-14)17(20)18-13-9-12-5-3-7-15(21-2)16(12)23-11-13/h3-8,13H,9-11H2,1-2H3,(H,18,20)/t13-/m0/s1. The van der Waals surface area contributed by atoms with Gasteiger partial charge in [-0.3, -0.25) is 0 Å². The maximum atomic E-state index is 12.3. The first-order valence-electron chi connectivity index (χ1n) is 7.50. The highest BCUT2D eigenvalue weighted by Gasteiger charge is 2.24. The highest BCUT2D eigenvalue weighted by molar-refractivity contribution is 5.74. The van der Waals surface area contributed by atoms with Gasteiger partial charge in [-0.05, 0) is 24.6 Å². The van der Waals surface area contributed by atoms with E-state index in [0.29, 0.717) is 19.6 Å². The fourth-order valence-electron chi connectivity index (χ4n) is 2.64. The number of benzene rings is 1. The summed E-state index contributed by atoms with van der Waals surface area (Å²) in [6, 6.07) is 9.21. The Labute approximate surface area is 135 Å². The Bertz CT molecular complexity index is 669. The van der Waals surface area contributed by atoms with Gasteiger partial charge in [0.2, 0.25) is 0 Å². The van der Waals surface area contributed by atoms with Gasteiger partial charge in [-0.15, -0.1) is 0 Å². The number of nitrogens with zero attached hydrogens (tertiary/aromatic N) is 1. The van der Waals surface area contributed by atoms with Crippen LogP contribution in [-0.4, -0.2) is 37.7 Å². The lowest BCUT2D eigenvalue weighted by Gasteiger charge is -2.28. The zero-order valence-electron chi connectivity index (χ0n) is 13.2. The van der Waals surface area contributed by atoms with E-state index in [1.807, 2.05) is 24.3 Å². The molecule has 0 spiro atoms. The van der Waals surface area contributed by atoms with Crippen LogP contribution in [0.2, 0.25) is 0 Å². The maximum absolute atomic E-state index is 12.3. The van der Waals surface area contributed by atoms with Crippen LogP contribution in [0.15, 0.2) is 41.0 Å². The van der Waals surface area contributed by atoms with Gasteiger partial charge < -0.3 is 24.1 Å². The van der Waals surface area contributed by atoms with E-state index >= 15 is 0 Å². The van der Waals surface area contributed by atoms with Crippen molar-refractivity contribution in [3.63, 3.8) is 0 Å². The smallest absolute Gasteiger partial charge is 0.317 e. The molecule has 2 amide bonds. The molecule has 1 atom stereocenters. The molecule has 0 saturated carbocycles. The Hall–Kier alpha value is -2.63. The number of urea groups is 1. The van der Waals surface area contributed by atoms with Crippen molar-refractivity contribution >= 4 is 6.03 Å². The number of hydrogen-bond donors (Lipinski definition) is 1. The van der Waals surface area contributed by atoms with Crippen molar-refractivity contribution in [1.82, 2.24) is 10.2 Å². The normalized spacial score (nSPS) is 16.2. The number of furan rings is 1. The number of carbonyl (C=O) groups is 1. The second kappa shape index (κ2) is 6.64. The summed E-state index contributed by atoms with van der Waals surface area (Å²) >= 11 is 0. The van der Waals surface area contributed by atoms with Gasteiger partial charge in [0.05, 0.1) is 26.0 Å². The lowest BCUT2D eigenvalue weighted by atomic mass is 10.0. The summed E-state index contributed by atoms with van der Waals surface area (Å²) in [5, 5.41) is 2.99. The Morgan fingerprint density at radius 3 is 3.00 bits per heavy atom. The van der Waals surface area contributed by atoms with Gasteiger partial charge in [-0.1, -0.05) is 12.1 Å². The van der Waals surface area contributed by atoms with Crippen LogP contribution < -0.4 is 14.8 Å². The number of hydrogen-bond acceptors (Lipinski definition) is 4. The Balaban J connectivity index is 1.59. The van der Waals surface area contributed by atoms with Gasteiger partial charge in [-0.2, -0.15) is 0 Å². The van der Waals surface area contributed by atoms with Crippen molar-refractivity contribution < 1.29 is 18.7 Å². The summed E-state index contributed by atoms with van der Waals surface area (Å²) in [7, 11) is 3.36. The molecule has 1 aromatic carbocycles. The van der Waals surface area contributed by atoms with E-state index in [2.05, 4.69) is 5.32 Å². The fourth-order valence-corrected chi connectivity index (χ4v) is 2.64. The molecule has 1 aliphatic heterocycles. The van der Waals surface area contributed by atoms with Crippen LogP contribution in [0, 0.1) is 0 Å². The van der Waals surface area contributed by atoms with Crippen LogP contribution in [0.25, 0.3) is 0 Å². The third-order valence-corrected chi connectivity index (χ3v) is 3.82. The molecule has 0 bridgehead atoms. The molecule has 0 radical (unpaired) electrons. The van der Waals surface area contributed by atoms with Crippen molar-refractivity contribution in [2.45, 2.75) is 19.0 Å². The lowest BCUT2D eigenvalue weighted by molar-refractivity contribution is 0.183. The molecular weight excluding hydrogens is 296 g/mol. The third kappa shape index (κ3) is 3.41. The predicted molar refractivity (Wildman–Crippen MR) is 84.7 cm³/mol. The van der Waals surface area contributed by atoms with Gasteiger partial charge in [0, 0.05) is 12.6 Å². The van der Waals surface area contributed by atoms with Crippen LogP contribution in [-0.2, 0) is 13.0 Å². The lowest BCUT2D eigenvalue weighted by Crippen LogP contribution is -2.47. The van der Waals surface area contributed by atoms with Crippen LogP contribution in [0.3, 0.4) is 0 Å². The van der Waals surface area contributed by atoms with Crippen molar-refractivity contribution in [1.29, 1.82) is 0 Å². The maximum Gasteiger partial charge on any atom is 0.317 e. The molecular formula is C17H20N2O4. The molecule has 6 nitrogen and oxygen atoms in total. The number of para-hydroxylation sites is 1. The summed E-state index contributed by atoms with van der Waals surface area (Å²) in [5.74, 6) is 2.24. The fraction of sp³-hybridized carbons (Fsp3) is 0.353. The molecule has 0 unspecified atom stereocenters. The summed E-state index contributed by atoms with van der Waals surface area (Å²) in [6.45, 7) is 0.852. The van der Waals surface area contributed by atoms with Gasteiger partial charge >= 0.3 is 6.03 Å². The highest BCUT2D eigenvalue weighted by atomic mass is 16.5. The molecule has 0 fully saturated rings. The van der Waals surface area contributed by atoms with Gasteiger partial charge in [0.15, 0.2) is 11.5 Å². The summed E-state index contributed by atoms with van der Waals surface area (Å²) in [4.78, 5) is 13.8. The average molecular weight is 316 g/mol. The second-order valence-electron chi connectivity index (χ2n) is 5.55. The molecule has 3 rings (SSSR count). The molecule has 23 heavy (non-hydrogen) atoms. The van der Waals surface area contributed by atoms with Crippen LogP contribution >= 0.6 is 0 Å². The minimum absolute atomic E-state index is 0.0684. The van der Waals surface area contributed by atoms with E-state index in [9.17, 15) is 4.79 Å². The second-order valence-corrected chi connectivity index (χ2v) is 5.55. The van der Waals surface area contributed by atoms with E-state index < -0.39 is 0 Å². The number of fused-ring (bicyclic) bond motifs is 1. The summed E-state index contributed by atoms with van der Waals surface area (Å²) in [6.07, 6.45) is 2.31. The number of nitrogens with one attached hydrogen (secondary N) is 1. The largest absolute Gasteiger partial charge is 0.493 e. The topological polar surface area (TPSA) is 63.9 Å². The van der Waals surface area contributed by atoms with E-state index in [4.69, 9.17) is 13.9 Å². The first-order valence-corrected chi connectivity index (χ1v) is 7.50. The van der Waals surface area contributed by atoms with Crippen LogP contribution in [0.1, 0.15) is 11.3 Å². The molecule has 0 aliphatic carbocycles. The van der Waals surface area contributed by atoms with Gasteiger partial charge in [-0.25, -0.2) is 4.79 Å². The molecule has 1 N–H and O–H groups in total. The Kier molecular flexibility index (Phi) is 4.41. The summed E-state index contributed by atoms with van der Waals surface area (Å²) in [5.41, 5.74) is 1.04. The molecule has 6 heteroatoms.